The second kappa shape index (κ2) is 4.29. The zero-order chi connectivity index (χ0) is 12.5. The molecule has 0 unspecified atom stereocenters. The van der Waals surface area contributed by atoms with Crippen LogP contribution in [-0.4, -0.2) is 12.0 Å². The van der Waals surface area contributed by atoms with Crippen molar-refractivity contribution >= 4 is 5.91 Å². The van der Waals surface area contributed by atoms with E-state index in [1.165, 1.54) is 11.5 Å². The lowest BCUT2D eigenvalue weighted by Gasteiger charge is -2.16. The van der Waals surface area contributed by atoms with Crippen molar-refractivity contribution in [3.05, 3.63) is 29.3 Å². The number of hydrogen-bond donors (Lipinski definition) is 2. The van der Waals surface area contributed by atoms with Crippen LogP contribution in [-0.2, 0) is 17.6 Å². The Kier molecular flexibility index (Phi) is 2.97. The summed E-state index contributed by atoms with van der Waals surface area (Å²) in [7, 11) is 0. The fraction of sp³-hybridized carbons (Fsp3) is 0.364. The highest BCUT2D eigenvalue weighted by atomic mass is 19.3. The van der Waals surface area contributed by atoms with E-state index in [0.717, 1.165) is 30.4 Å². The number of fused-ring (bicyclic) bond motifs is 1. The molecule has 0 aromatic heterocycles. The average Bonchev–Trinajstić information content (AvgIpc) is 2.74. The molecule has 3 N–H and O–H groups in total. The number of carbonyl (C=O) groups is 1. The number of halogens is 2. The highest BCUT2D eigenvalue weighted by molar-refractivity contribution is 5.81. The largest absolute Gasteiger partial charge is 0.483 e. The van der Waals surface area contributed by atoms with Crippen LogP contribution in [0.25, 0.3) is 0 Å². The molecule has 4 nitrogen and oxygen atoms in total. The quantitative estimate of drug-likeness (QED) is 0.474. The highest BCUT2D eigenvalue weighted by Crippen LogP contribution is 2.28. The van der Waals surface area contributed by atoms with Crippen molar-refractivity contribution in [2.75, 3.05) is 0 Å². The molecule has 17 heavy (non-hydrogen) atoms. The molecule has 0 aliphatic heterocycles. The van der Waals surface area contributed by atoms with E-state index in [9.17, 15) is 13.6 Å². The number of benzene rings is 1. The Morgan fingerprint density at radius 1 is 1.35 bits per heavy atom. The number of ether oxygens (including phenoxy) is 1. The van der Waals surface area contributed by atoms with Crippen LogP contribution >= 0.6 is 0 Å². The van der Waals surface area contributed by atoms with Gasteiger partial charge in [0.1, 0.15) is 5.75 Å². The lowest BCUT2D eigenvalue weighted by Crippen LogP contribution is -2.47. The monoisotopic (exact) mass is 242 g/mol. The van der Waals surface area contributed by atoms with Crippen LogP contribution < -0.4 is 16.0 Å². The normalized spacial score (nSPS) is 14.3. The molecular weight excluding hydrogens is 230 g/mol. The predicted molar refractivity (Wildman–Crippen MR) is 56.4 cm³/mol. The molecule has 0 bridgehead atoms. The molecule has 1 aromatic rings. The van der Waals surface area contributed by atoms with Gasteiger partial charge in [-0.3, -0.25) is 10.2 Å². The van der Waals surface area contributed by atoms with Crippen molar-refractivity contribution < 1.29 is 18.3 Å². The van der Waals surface area contributed by atoms with Gasteiger partial charge in [0.05, 0.1) is 0 Å². The number of alkyl halides is 2. The van der Waals surface area contributed by atoms with E-state index < -0.39 is 12.0 Å². The van der Waals surface area contributed by atoms with Crippen molar-refractivity contribution in [2.24, 2.45) is 5.84 Å². The number of rotatable bonds is 3. The number of nitrogens with one attached hydrogen (secondary N) is 1. The van der Waals surface area contributed by atoms with Gasteiger partial charge in [-0.25, -0.2) is 5.84 Å². The van der Waals surface area contributed by atoms with Crippen molar-refractivity contribution in [3.63, 3.8) is 0 Å². The molecule has 6 heteroatoms. The van der Waals surface area contributed by atoms with E-state index >= 15 is 0 Å². The molecule has 0 saturated carbocycles. The molecule has 1 aliphatic rings. The van der Waals surface area contributed by atoms with Crippen LogP contribution in [0.15, 0.2) is 18.2 Å². The van der Waals surface area contributed by atoms with E-state index in [1.54, 1.807) is 12.1 Å². The number of hydrazine groups is 1. The highest BCUT2D eigenvalue weighted by Gasteiger charge is 2.41. The summed E-state index contributed by atoms with van der Waals surface area (Å²) in [5.41, 5.74) is 3.50. The average molecular weight is 242 g/mol. The maximum Gasteiger partial charge on any atom is 0.483 e. The summed E-state index contributed by atoms with van der Waals surface area (Å²) in [6.07, 6.45) is -1.14. The summed E-state index contributed by atoms with van der Waals surface area (Å²) in [5, 5.41) is 0. The van der Waals surface area contributed by atoms with Crippen LogP contribution in [0.3, 0.4) is 0 Å². The van der Waals surface area contributed by atoms with Crippen LogP contribution in [0.1, 0.15) is 17.5 Å². The Bertz CT molecular complexity index is 449. The smallest absolute Gasteiger partial charge is 0.425 e. The summed E-state index contributed by atoms with van der Waals surface area (Å²) in [6.45, 7) is 0. The molecular formula is C11H12F2N2O2. The van der Waals surface area contributed by atoms with Gasteiger partial charge in [0, 0.05) is 0 Å². The predicted octanol–water partition coefficient (Wildman–Crippen LogP) is 1.14. The molecule has 0 saturated heterocycles. The molecule has 1 aromatic carbocycles. The van der Waals surface area contributed by atoms with Crippen molar-refractivity contribution in [1.82, 2.24) is 5.43 Å². The summed E-state index contributed by atoms with van der Waals surface area (Å²) in [5.74, 6) is 2.95. The molecule has 2 rings (SSSR count). The second-order valence-corrected chi connectivity index (χ2v) is 3.88. The van der Waals surface area contributed by atoms with Gasteiger partial charge in [-0.05, 0) is 42.5 Å². The van der Waals surface area contributed by atoms with Crippen molar-refractivity contribution in [1.29, 1.82) is 0 Å². The van der Waals surface area contributed by atoms with Gasteiger partial charge in [0.15, 0.2) is 0 Å². The minimum Gasteiger partial charge on any atom is -0.425 e. The first-order valence-electron chi connectivity index (χ1n) is 5.22. The van der Waals surface area contributed by atoms with Crippen LogP contribution in [0, 0.1) is 0 Å². The zero-order valence-electron chi connectivity index (χ0n) is 9.00. The number of amides is 1. The van der Waals surface area contributed by atoms with Crippen LogP contribution in [0.2, 0.25) is 0 Å². The first kappa shape index (κ1) is 11.8. The van der Waals surface area contributed by atoms with E-state index in [0.29, 0.717) is 0 Å². The van der Waals surface area contributed by atoms with Crippen molar-refractivity contribution in [2.45, 2.75) is 25.4 Å². The van der Waals surface area contributed by atoms with E-state index in [4.69, 9.17) is 0 Å². The van der Waals surface area contributed by atoms with E-state index in [2.05, 4.69) is 10.6 Å². The molecule has 1 aliphatic carbocycles. The molecule has 0 fully saturated rings. The minimum absolute atomic E-state index is 0.0285. The third-order valence-corrected chi connectivity index (χ3v) is 2.71. The molecule has 0 radical (unpaired) electrons. The molecule has 0 spiro atoms. The molecule has 0 heterocycles. The van der Waals surface area contributed by atoms with Crippen LogP contribution in [0.5, 0.6) is 5.75 Å². The summed E-state index contributed by atoms with van der Waals surface area (Å²) < 4.78 is 30.6. The Morgan fingerprint density at radius 3 is 2.76 bits per heavy atom. The molecule has 0 atom stereocenters. The Morgan fingerprint density at radius 2 is 2.06 bits per heavy atom. The summed E-state index contributed by atoms with van der Waals surface area (Å²) in [6, 6.07) is 4.72. The standard InChI is InChI=1S/C11H12F2N2O2/c12-11(13,10(16)15-14)17-9-5-4-7-2-1-3-8(7)6-9/h4-6H,1-3,14H2,(H,15,16). The summed E-state index contributed by atoms with van der Waals surface area (Å²) in [4.78, 5) is 10.8. The van der Waals surface area contributed by atoms with Gasteiger partial charge in [0.2, 0.25) is 0 Å². The molecule has 92 valence electrons. The lowest BCUT2D eigenvalue weighted by atomic mass is 10.1. The Balaban J connectivity index is 2.16. The van der Waals surface area contributed by atoms with E-state index in [-0.39, 0.29) is 5.75 Å². The number of aryl methyl sites for hydroxylation is 2. The van der Waals surface area contributed by atoms with Crippen molar-refractivity contribution in [3.8, 4) is 5.75 Å². The number of hydrogen-bond acceptors (Lipinski definition) is 3. The second-order valence-electron chi connectivity index (χ2n) is 3.88. The van der Waals surface area contributed by atoms with Gasteiger partial charge < -0.3 is 4.74 Å². The van der Waals surface area contributed by atoms with Gasteiger partial charge in [0.25, 0.3) is 0 Å². The zero-order valence-corrected chi connectivity index (χ0v) is 9.00. The van der Waals surface area contributed by atoms with Gasteiger partial charge in [-0.2, -0.15) is 8.78 Å². The van der Waals surface area contributed by atoms with Gasteiger partial charge in [-0.15, -0.1) is 0 Å². The third kappa shape index (κ3) is 2.36. The first-order chi connectivity index (χ1) is 8.03. The number of carbonyl (C=O) groups excluding carboxylic acids is 1. The SMILES string of the molecule is NNC(=O)C(F)(F)Oc1ccc2c(c1)CCC2. The fourth-order valence-electron chi connectivity index (χ4n) is 1.89. The topological polar surface area (TPSA) is 64.3 Å². The maximum absolute atomic E-state index is 13.1. The van der Waals surface area contributed by atoms with Gasteiger partial charge in [-0.1, -0.05) is 6.07 Å². The molecule has 1 amide bonds. The van der Waals surface area contributed by atoms with Crippen LogP contribution in [0.4, 0.5) is 8.78 Å². The van der Waals surface area contributed by atoms with Gasteiger partial charge >= 0.3 is 12.0 Å². The minimum atomic E-state index is -3.96. The Labute approximate surface area is 96.7 Å². The maximum atomic E-state index is 13.1. The fourth-order valence-corrected chi connectivity index (χ4v) is 1.89. The first-order valence-corrected chi connectivity index (χ1v) is 5.22. The third-order valence-electron chi connectivity index (χ3n) is 2.71. The lowest BCUT2D eigenvalue weighted by molar-refractivity contribution is -0.192. The Hall–Kier alpha value is -1.69. The summed E-state index contributed by atoms with van der Waals surface area (Å²) >= 11 is 0. The van der Waals surface area contributed by atoms with E-state index in [1.807, 2.05) is 0 Å². The number of nitrogens with two attached hydrogens (primary N) is 1.